The standard InChI is InChI=1S/C13H16N2O4/c1-14(12(17)8-16)6-5-9-3-4-10-11(7-9)19-13(18)15(10)2/h3-4,7,16H,5-6,8H2,1-2H3. The van der Waals surface area contributed by atoms with E-state index in [0.717, 1.165) is 11.1 Å². The van der Waals surface area contributed by atoms with Crippen molar-refractivity contribution in [3.8, 4) is 0 Å². The third kappa shape index (κ3) is 2.68. The Bertz CT molecular complexity index is 656. The second-order valence-corrected chi connectivity index (χ2v) is 4.45. The van der Waals surface area contributed by atoms with Crippen LogP contribution in [-0.4, -0.2) is 40.7 Å². The number of oxazole rings is 1. The van der Waals surface area contributed by atoms with E-state index in [4.69, 9.17) is 9.52 Å². The molecule has 0 atom stereocenters. The van der Waals surface area contributed by atoms with Crippen molar-refractivity contribution in [3.63, 3.8) is 0 Å². The Hall–Kier alpha value is -2.08. The van der Waals surface area contributed by atoms with Gasteiger partial charge in [-0.1, -0.05) is 6.07 Å². The molecule has 0 aliphatic heterocycles. The molecule has 0 fully saturated rings. The van der Waals surface area contributed by atoms with E-state index >= 15 is 0 Å². The van der Waals surface area contributed by atoms with Crippen LogP contribution >= 0.6 is 0 Å². The quantitative estimate of drug-likeness (QED) is 0.851. The van der Waals surface area contributed by atoms with Crippen molar-refractivity contribution in [3.05, 3.63) is 34.3 Å². The van der Waals surface area contributed by atoms with Crippen LogP contribution in [0.5, 0.6) is 0 Å². The van der Waals surface area contributed by atoms with Gasteiger partial charge in [-0.05, 0) is 24.1 Å². The number of nitrogens with zero attached hydrogens (tertiary/aromatic N) is 2. The maximum absolute atomic E-state index is 11.4. The van der Waals surface area contributed by atoms with E-state index in [0.29, 0.717) is 18.5 Å². The number of rotatable bonds is 4. The van der Waals surface area contributed by atoms with Gasteiger partial charge in [-0.3, -0.25) is 9.36 Å². The number of carbonyl (C=O) groups is 1. The van der Waals surface area contributed by atoms with Gasteiger partial charge in [0, 0.05) is 20.6 Å². The lowest BCUT2D eigenvalue weighted by molar-refractivity contribution is -0.132. The Balaban J connectivity index is 2.14. The SMILES string of the molecule is CN(CCc1ccc2c(c1)oc(=O)n2C)C(=O)CO. The first kappa shape index (κ1) is 13.4. The van der Waals surface area contributed by atoms with E-state index in [9.17, 15) is 9.59 Å². The highest BCUT2D eigenvalue weighted by atomic mass is 16.4. The lowest BCUT2D eigenvalue weighted by Crippen LogP contribution is -2.31. The summed E-state index contributed by atoms with van der Waals surface area (Å²) in [7, 11) is 3.29. The highest BCUT2D eigenvalue weighted by Crippen LogP contribution is 2.14. The van der Waals surface area contributed by atoms with Crippen LogP contribution in [0.15, 0.2) is 27.4 Å². The molecule has 1 aromatic carbocycles. The van der Waals surface area contributed by atoms with Crippen molar-refractivity contribution in [2.24, 2.45) is 7.05 Å². The van der Waals surface area contributed by atoms with E-state index in [1.807, 2.05) is 12.1 Å². The number of aliphatic hydroxyl groups is 1. The summed E-state index contributed by atoms with van der Waals surface area (Å²) in [5.74, 6) is -0.702. The molecule has 102 valence electrons. The van der Waals surface area contributed by atoms with Crippen molar-refractivity contribution in [1.82, 2.24) is 9.47 Å². The Kier molecular flexibility index (Phi) is 3.71. The lowest BCUT2D eigenvalue weighted by atomic mass is 10.1. The Labute approximate surface area is 109 Å². The Morgan fingerprint density at radius 3 is 2.89 bits per heavy atom. The van der Waals surface area contributed by atoms with Gasteiger partial charge in [0.2, 0.25) is 5.91 Å². The molecule has 0 spiro atoms. The summed E-state index contributed by atoms with van der Waals surface area (Å²) in [5.41, 5.74) is 2.26. The van der Waals surface area contributed by atoms with Gasteiger partial charge >= 0.3 is 5.76 Å². The maximum atomic E-state index is 11.4. The minimum Gasteiger partial charge on any atom is -0.408 e. The van der Waals surface area contributed by atoms with E-state index in [2.05, 4.69) is 0 Å². The minimum absolute atomic E-state index is 0.313. The van der Waals surface area contributed by atoms with Gasteiger partial charge in [0.25, 0.3) is 0 Å². The van der Waals surface area contributed by atoms with Crippen molar-refractivity contribution in [2.75, 3.05) is 20.2 Å². The van der Waals surface area contributed by atoms with Crippen LogP contribution < -0.4 is 5.76 Å². The summed E-state index contributed by atoms with van der Waals surface area (Å²) in [6.45, 7) is 0.0189. The lowest BCUT2D eigenvalue weighted by Gasteiger charge is -2.15. The first-order valence-corrected chi connectivity index (χ1v) is 5.96. The molecule has 2 rings (SSSR count). The third-order valence-corrected chi connectivity index (χ3v) is 3.15. The molecule has 6 nitrogen and oxygen atoms in total. The van der Waals surface area contributed by atoms with Gasteiger partial charge in [0.05, 0.1) is 5.52 Å². The topological polar surface area (TPSA) is 75.7 Å². The van der Waals surface area contributed by atoms with Crippen molar-refractivity contribution >= 4 is 17.0 Å². The number of aromatic nitrogens is 1. The van der Waals surface area contributed by atoms with Gasteiger partial charge in [0.1, 0.15) is 6.61 Å². The Morgan fingerprint density at radius 1 is 1.47 bits per heavy atom. The van der Waals surface area contributed by atoms with Gasteiger partial charge < -0.3 is 14.4 Å². The number of aliphatic hydroxyl groups excluding tert-OH is 1. The molecular weight excluding hydrogens is 248 g/mol. The average Bonchev–Trinajstić information content (AvgIpc) is 2.70. The van der Waals surface area contributed by atoms with E-state index in [1.165, 1.54) is 9.47 Å². The number of benzene rings is 1. The fourth-order valence-electron chi connectivity index (χ4n) is 1.88. The largest absolute Gasteiger partial charge is 0.419 e. The van der Waals surface area contributed by atoms with Crippen LogP contribution in [0.4, 0.5) is 0 Å². The zero-order valence-corrected chi connectivity index (χ0v) is 10.9. The molecule has 1 N–H and O–H groups in total. The zero-order valence-electron chi connectivity index (χ0n) is 10.9. The normalized spacial score (nSPS) is 10.9. The van der Waals surface area contributed by atoms with E-state index in [-0.39, 0.29) is 11.7 Å². The molecule has 2 aromatic rings. The van der Waals surface area contributed by atoms with Crippen LogP contribution in [0, 0.1) is 0 Å². The monoisotopic (exact) mass is 264 g/mol. The second kappa shape index (κ2) is 5.27. The van der Waals surface area contributed by atoms with Gasteiger partial charge in [-0.2, -0.15) is 0 Å². The summed E-state index contributed by atoms with van der Waals surface area (Å²) in [4.78, 5) is 24.0. The van der Waals surface area contributed by atoms with E-state index in [1.54, 1.807) is 20.2 Å². The molecule has 0 radical (unpaired) electrons. The van der Waals surface area contributed by atoms with Crippen LogP contribution in [0.1, 0.15) is 5.56 Å². The second-order valence-electron chi connectivity index (χ2n) is 4.45. The minimum atomic E-state index is -0.483. The molecule has 19 heavy (non-hydrogen) atoms. The summed E-state index contributed by atoms with van der Waals surface area (Å²) < 4.78 is 6.55. The number of fused-ring (bicyclic) bond motifs is 1. The van der Waals surface area contributed by atoms with Crippen LogP contribution in [0.25, 0.3) is 11.1 Å². The predicted molar refractivity (Wildman–Crippen MR) is 69.9 cm³/mol. The molecular formula is C13H16N2O4. The fraction of sp³-hybridized carbons (Fsp3) is 0.385. The molecule has 1 heterocycles. The highest BCUT2D eigenvalue weighted by Gasteiger charge is 2.09. The number of carbonyl (C=O) groups excluding carboxylic acids is 1. The molecule has 1 aromatic heterocycles. The average molecular weight is 264 g/mol. The zero-order chi connectivity index (χ0) is 14.0. The molecule has 0 saturated heterocycles. The number of hydrogen-bond acceptors (Lipinski definition) is 4. The van der Waals surface area contributed by atoms with Gasteiger partial charge in [-0.25, -0.2) is 4.79 Å². The molecule has 6 heteroatoms. The highest BCUT2D eigenvalue weighted by molar-refractivity contribution is 5.77. The molecule has 0 saturated carbocycles. The molecule has 0 aliphatic rings. The van der Waals surface area contributed by atoms with Crippen LogP contribution in [0.2, 0.25) is 0 Å². The number of hydrogen-bond donors (Lipinski definition) is 1. The number of amides is 1. The van der Waals surface area contributed by atoms with Crippen LogP contribution in [-0.2, 0) is 18.3 Å². The van der Waals surface area contributed by atoms with Crippen molar-refractivity contribution < 1.29 is 14.3 Å². The van der Waals surface area contributed by atoms with Gasteiger partial charge in [-0.15, -0.1) is 0 Å². The number of likely N-dealkylation sites (N-methyl/N-ethyl adjacent to an activating group) is 1. The maximum Gasteiger partial charge on any atom is 0.419 e. The predicted octanol–water partition coefficient (Wildman–Crippen LogP) is 0.125. The first-order valence-electron chi connectivity index (χ1n) is 5.96. The number of aryl methyl sites for hydroxylation is 1. The summed E-state index contributed by atoms with van der Waals surface area (Å²) in [6, 6.07) is 5.52. The summed E-state index contributed by atoms with van der Waals surface area (Å²) in [6.07, 6.45) is 0.636. The summed E-state index contributed by atoms with van der Waals surface area (Å²) >= 11 is 0. The molecule has 0 unspecified atom stereocenters. The van der Waals surface area contributed by atoms with Crippen molar-refractivity contribution in [2.45, 2.75) is 6.42 Å². The Morgan fingerprint density at radius 2 is 2.21 bits per heavy atom. The van der Waals surface area contributed by atoms with Gasteiger partial charge in [0.15, 0.2) is 5.58 Å². The molecule has 1 amide bonds. The smallest absolute Gasteiger partial charge is 0.408 e. The summed E-state index contributed by atoms with van der Waals surface area (Å²) in [5, 5.41) is 8.73. The first-order chi connectivity index (χ1) is 9.02. The fourth-order valence-corrected chi connectivity index (χ4v) is 1.88. The van der Waals surface area contributed by atoms with Crippen molar-refractivity contribution in [1.29, 1.82) is 0 Å². The van der Waals surface area contributed by atoms with Crippen LogP contribution in [0.3, 0.4) is 0 Å². The third-order valence-electron chi connectivity index (χ3n) is 3.15. The molecule has 0 bridgehead atoms. The molecule has 0 aliphatic carbocycles. The van der Waals surface area contributed by atoms with E-state index < -0.39 is 6.61 Å².